The van der Waals surface area contributed by atoms with Crippen LogP contribution in [0.5, 0.6) is 0 Å². The van der Waals surface area contributed by atoms with Crippen molar-refractivity contribution in [2.45, 2.75) is 6.18 Å². The summed E-state index contributed by atoms with van der Waals surface area (Å²) in [6, 6.07) is 6.54. The minimum Gasteiger partial charge on any atom is -0.350 e. The Labute approximate surface area is 134 Å². The van der Waals surface area contributed by atoms with Gasteiger partial charge in [0.15, 0.2) is 0 Å². The van der Waals surface area contributed by atoms with Crippen molar-refractivity contribution in [3.05, 3.63) is 52.7 Å². The molecule has 23 heavy (non-hydrogen) atoms. The van der Waals surface area contributed by atoms with Crippen LogP contribution in [0.25, 0.3) is 11.3 Å². The molecule has 2 rings (SSSR count). The van der Waals surface area contributed by atoms with Crippen molar-refractivity contribution < 1.29 is 18.0 Å². The van der Waals surface area contributed by atoms with Crippen molar-refractivity contribution in [2.75, 3.05) is 0 Å². The number of alkyl halides is 3. The van der Waals surface area contributed by atoms with E-state index in [-0.39, 0.29) is 10.7 Å². The summed E-state index contributed by atoms with van der Waals surface area (Å²) in [7, 11) is 0. The number of nitrogens with two attached hydrogens (primary N) is 1. The van der Waals surface area contributed by atoms with Crippen LogP contribution in [0.4, 0.5) is 18.0 Å². The fourth-order valence-corrected chi connectivity index (χ4v) is 1.98. The first kappa shape index (κ1) is 16.8. The Hall–Kier alpha value is -2.61. The molecule has 0 aliphatic heterocycles. The van der Waals surface area contributed by atoms with Crippen LogP contribution >= 0.6 is 11.6 Å². The number of hydrogen-bond acceptors (Lipinski definition) is 3. The third-order valence-electron chi connectivity index (χ3n) is 2.74. The van der Waals surface area contributed by atoms with E-state index in [1.807, 2.05) is 5.43 Å². The van der Waals surface area contributed by atoms with Gasteiger partial charge in [-0.05, 0) is 11.6 Å². The Balaban J connectivity index is 2.23. The SMILES string of the molecule is NC(=O)NN=Cc1ccc(-c2ncc(C(F)(F)F)cc2Cl)cc1. The van der Waals surface area contributed by atoms with E-state index >= 15 is 0 Å². The highest BCUT2D eigenvalue weighted by atomic mass is 35.5. The number of pyridine rings is 1. The highest BCUT2D eigenvalue weighted by Crippen LogP contribution is 2.33. The molecular formula is C14H10ClF3N4O. The summed E-state index contributed by atoms with van der Waals surface area (Å²) in [5.41, 5.74) is 7.40. The van der Waals surface area contributed by atoms with E-state index in [1.165, 1.54) is 6.21 Å². The molecular weight excluding hydrogens is 333 g/mol. The number of rotatable bonds is 3. The Morgan fingerprint density at radius 1 is 1.30 bits per heavy atom. The second-order valence-electron chi connectivity index (χ2n) is 4.41. The van der Waals surface area contributed by atoms with Gasteiger partial charge >= 0.3 is 12.2 Å². The Morgan fingerprint density at radius 2 is 1.96 bits per heavy atom. The van der Waals surface area contributed by atoms with E-state index in [2.05, 4.69) is 10.1 Å². The molecule has 2 amide bonds. The zero-order valence-corrected chi connectivity index (χ0v) is 12.2. The number of primary amides is 1. The van der Waals surface area contributed by atoms with E-state index in [0.717, 1.165) is 12.3 Å². The molecule has 0 aliphatic rings. The van der Waals surface area contributed by atoms with Crippen LogP contribution in [0.3, 0.4) is 0 Å². The Bertz CT molecular complexity index is 745. The predicted molar refractivity (Wildman–Crippen MR) is 80.0 cm³/mol. The fraction of sp³-hybridized carbons (Fsp3) is 0.0714. The van der Waals surface area contributed by atoms with Crippen molar-refractivity contribution >= 4 is 23.8 Å². The number of amides is 2. The summed E-state index contributed by atoms with van der Waals surface area (Å²) in [4.78, 5) is 14.2. The number of urea groups is 1. The van der Waals surface area contributed by atoms with E-state index in [4.69, 9.17) is 17.3 Å². The van der Waals surface area contributed by atoms with Gasteiger partial charge in [-0.15, -0.1) is 0 Å². The first-order valence-electron chi connectivity index (χ1n) is 6.19. The average Bonchev–Trinajstić information content (AvgIpc) is 2.47. The molecule has 1 heterocycles. The van der Waals surface area contributed by atoms with Crippen LogP contribution in [0.2, 0.25) is 5.02 Å². The van der Waals surface area contributed by atoms with E-state index in [9.17, 15) is 18.0 Å². The molecule has 1 aromatic heterocycles. The second kappa shape index (κ2) is 6.66. The lowest BCUT2D eigenvalue weighted by molar-refractivity contribution is -0.137. The number of aromatic nitrogens is 1. The number of halogens is 4. The zero-order chi connectivity index (χ0) is 17.0. The summed E-state index contributed by atoms with van der Waals surface area (Å²) in [6.45, 7) is 0. The average molecular weight is 343 g/mol. The van der Waals surface area contributed by atoms with Gasteiger partial charge in [0.05, 0.1) is 22.5 Å². The molecule has 0 bridgehead atoms. The molecule has 3 N–H and O–H groups in total. The van der Waals surface area contributed by atoms with Crippen molar-refractivity contribution in [3.8, 4) is 11.3 Å². The maximum atomic E-state index is 12.6. The van der Waals surface area contributed by atoms with Crippen LogP contribution in [0.15, 0.2) is 41.6 Å². The maximum absolute atomic E-state index is 12.6. The van der Waals surface area contributed by atoms with Crippen LogP contribution in [-0.4, -0.2) is 17.2 Å². The van der Waals surface area contributed by atoms with Crippen molar-refractivity contribution in [2.24, 2.45) is 10.8 Å². The lowest BCUT2D eigenvalue weighted by Crippen LogP contribution is -2.24. The van der Waals surface area contributed by atoms with Gasteiger partial charge in [0.2, 0.25) is 0 Å². The number of nitrogens with zero attached hydrogens (tertiary/aromatic N) is 2. The van der Waals surface area contributed by atoms with Crippen molar-refractivity contribution in [1.82, 2.24) is 10.4 Å². The fourth-order valence-electron chi connectivity index (χ4n) is 1.70. The highest BCUT2D eigenvalue weighted by Gasteiger charge is 2.31. The second-order valence-corrected chi connectivity index (χ2v) is 4.82. The van der Waals surface area contributed by atoms with Crippen LogP contribution in [-0.2, 0) is 6.18 Å². The molecule has 0 unspecified atom stereocenters. The van der Waals surface area contributed by atoms with Gasteiger partial charge in [0, 0.05) is 11.8 Å². The topological polar surface area (TPSA) is 80.4 Å². The monoisotopic (exact) mass is 342 g/mol. The standard InChI is InChI=1S/C14H10ClF3N4O/c15-11-5-10(14(16,17)18)7-20-12(11)9-3-1-8(2-4-9)6-21-22-13(19)23/h1-7H,(H3,19,22,23). The first-order chi connectivity index (χ1) is 10.8. The highest BCUT2D eigenvalue weighted by molar-refractivity contribution is 6.33. The molecule has 2 aromatic rings. The number of carbonyl (C=O) groups excluding carboxylic acids is 1. The Morgan fingerprint density at radius 3 is 2.48 bits per heavy atom. The van der Waals surface area contributed by atoms with Gasteiger partial charge in [-0.25, -0.2) is 10.2 Å². The van der Waals surface area contributed by atoms with E-state index in [1.54, 1.807) is 24.3 Å². The third kappa shape index (κ3) is 4.43. The molecule has 0 saturated carbocycles. The summed E-state index contributed by atoms with van der Waals surface area (Å²) in [5.74, 6) is 0. The van der Waals surface area contributed by atoms with Crippen molar-refractivity contribution in [1.29, 1.82) is 0 Å². The largest absolute Gasteiger partial charge is 0.417 e. The van der Waals surface area contributed by atoms with Crippen LogP contribution < -0.4 is 11.2 Å². The smallest absolute Gasteiger partial charge is 0.350 e. The van der Waals surface area contributed by atoms with E-state index in [0.29, 0.717) is 11.1 Å². The number of benzene rings is 1. The molecule has 0 atom stereocenters. The number of hydrogen-bond donors (Lipinski definition) is 2. The molecule has 0 saturated heterocycles. The number of nitrogens with one attached hydrogen (secondary N) is 1. The molecule has 9 heteroatoms. The lowest BCUT2D eigenvalue weighted by atomic mass is 10.1. The number of hydrazone groups is 1. The lowest BCUT2D eigenvalue weighted by Gasteiger charge is -2.09. The van der Waals surface area contributed by atoms with Gasteiger partial charge in [0.25, 0.3) is 0 Å². The third-order valence-corrected chi connectivity index (χ3v) is 3.03. The van der Waals surface area contributed by atoms with Gasteiger partial charge < -0.3 is 5.73 Å². The van der Waals surface area contributed by atoms with Gasteiger partial charge in [-0.2, -0.15) is 18.3 Å². The van der Waals surface area contributed by atoms with Crippen molar-refractivity contribution in [3.63, 3.8) is 0 Å². The summed E-state index contributed by atoms with van der Waals surface area (Å²) in [5, 5.41) is 3.48. The van der Waals surface area contributed by atoms with Gasteiger partial charge in [0.1, 0.15) is 0 Å². The summed E-state index contributed by atoms with van der Waals surface area (Å²) >= 11 is 5.88. The summed E-state index contributed by atoms with van der Waals surface area (Å²) in [6.07, 6.45) is -2.41. The van der Waals surface area contributed by atoms with E-state index < -0.39 is 17.8 Å². The van der Waals surface area contributed by atoms with Crippen LogP contribution in [0.1, 0.15) is 11.1 Å². The molecule has 0 spiro atoms. The van der Waals surface area contributed by atoms with Gasteiger partial charge in [-0.3, -0.25) is 4.98 Å². The molecule has 120 valence electrons. The molecule has 0 radical (unpaired) electrons. The van der Waals surface area contributed by atoms with Crippen LogP contribution in [0, 0.1) is 0 Å². The Kier molecular flexibility index (Phi) is 4.85. The normalized spacial score (nSPS) is 11.7. The number of carbonyl (C=O) groups is 1. The minimum absolute atomic E-state index is 0.100. The molecule has 0 fully saturated rings. The quantitative estimate of drug-likeness (QED) is 0.662. The minimum atomic E-state index is -4.50. The predicted octanol–water partition coefficient (Wildman–Crippen LogP) is 3.42. The summed E-state index contributed by atoms with van der Waals surface area (Å²) < 4.78 is 37.7. The van der Waals surface area contributed by atoms with Gasteiger partial charge in [-0.1, -0.05) is 35.9 Å². The first-order valence-corrected chi connectivity index (χ1v) is 6.57. The molecule has 0 aliphatic carbocycles. The molecule has 1 aromatic carbocycles. The molecule has 5 nitrogen and oxygen atoms in total. The zero-order valence-electron chi connectivity index (χ0n) is 11.4. The maximum Gasteiger partial charge on any atom is 0.417 e.